The Hall–Kier alpha value is -2.25. The standard InChI is InChI=1S/C17H23F2N5O/c1-17(2,3)13-7-10(21-22-13)8-20-14(25)9-24-12-6-4-5-11(12)15(23-24)16(18)19/h7,16H,4-6,8-9H2,1-3H3,(H,20,25)(H,21,22). The molecule has 6 nitrogen and oxygen atoms in total. The Morgan fingerprint density at radius 3 is 2.80 bits per heavy atom. The summed E-state index contributed by atoms with van der Waals surface area (Å²) in [5.41, 5.74) is 2.86. The molecule has 1 aliphatic rings. The smallest absolute Gasteiger partial charge is 0.282 e. The van der Waals surface area contributed by atoms with Crippen LogP contribution < -0.4 is 5.32 Å². The number of hydrogen-bond acceptors (Lipinski definition) is 3. The van der Waals surface area contributed by atoms with Crippen molar-refractivity contribution in [3.05, 3.63) is 34.4 Å². The number of aromatic amines is 1. The highest BCUT2D eigenvalue weighted by molar-refractivity contribution is 5.75. The third-order valence-electron chi connectivity index (χ3n) is 4.41. The molecule has 0 spiro atoms. The summed E-state index contributed by atoms with van der Waals surface area (Å²) >= 11 is 0. The number of alkyl halides is 2. The van der Waals surface area contributed by atoms with E-state index in [1.54, 1.807) is 0 Å². The topological polar surface area (TPSA) is 75.6 Å². The maximum Gasteiger partial charge on any atom is 0.282 e. The average molecular weight is 351 g/mol. The van der Waals surface area contributed by atoms with Crippen LogP contribution in [0.2, 0.25) is 0 Å². The number of fused-ring (bicyclic) bond motifs is 1. The van der Waals surface area contributed by atoms with Crippen molar-refractivity contribution in [2.75, 3.05) is 0 Å². The lowest BCUT2D eigenvalue weighted by molar-refractivity contribution is -0.122. The van der Waals surface area contributed by atoms with Crippen molar-refractivity contribution >= 4 is 5.91 Å². The van der Waals surface area contributed by atoms with Crippen LogP contribution in [0, 0.1) is 0 Å². The first-order valence-corrected chi connectivity index (χ1v) is 8.44. The molecule has 0 atom stereocenters. The van der Waals surface area contributed by atoms with Gasteiger partial charge in [0.2, 0.25) is 5.91 Å². The van der Waals surface area contributed by atoms with Gasteiger partial charge in [0, 0.05) is 16.7 Å². The monoisotopic (exact) mass is 351 g/mol. The Balaban J connectivity index is 1.62. The second kappa shape index (κ2) is 6.57. The maximum absolute atomic E-state index is 13.1. The number of H-pyrrole nitrogens is 1. The van der Waals surface area contributed by atoms with Crippen molar-refractivity contribution < 1.29 is 13.6 Å². The van der Waals surface area contributed by atoms with E-state index in [1.807, 2.05) is 6.07 Å². The number of rotatable bonds is 5. The summed E-state index contributed by atoms with van der Waals surface area (Å²) in [5, 5.41) is 13.9. The van der Waals surface area contributed by atoms with Gasteiger partial charge in [-0.1, -0.05) is 20.8 Å². The van der Waals surface area contributed by atoms with Gasteiger partial charge >= 0.3 is 0 Å². The highest BCUT2D eigenvalue weighted by Gasteiger charge is 2.27. The first-order valence-electron chi connectivity index (χ1n) is 8.44. The van der Waals surface area contributed by atoms with Crippen LogP contribution in [0.1, 0.15) is 62.0 Å². The molecular formula is C17H23F2N5O. The molecule has 136 valence electrons. The lowest BCUT2D eigenvalue weighted by Crippen LogP contribution is -2.28. The molecular weight excluding hydrogens is 328 g/mol. The van der Waals surface area contributed by atoms with Gasteiger partial charge in [-0.3, -0.25) is 14.6 Å². The molecule has 25 heavy (non-hydrogen) atoms. The number of carbonyl (C=O) groups is 1. The van der Waals surface area contributed by atoms with Gasteiger partial charge < -0.3 is 5.32 Å². The van der Waals surface area contributed by atoms with E-state index in [9.17, 15) is 13.6 Å². The number of aromatic nitrogens is 4. The molecule has 3 rings (SSSR count). The second-order valence-electron chi connectivity index (χ2n) is 7.43. The molecule has 0 radical (unpaired) electrons. The van der Waals surface area contributed by atoms with E-state index in [4.69, 9.17) is 0 Å². The van der Waals surface area contributed by atoms with E-state index in [1.165, 1.54) is 4.68 Å². The maximum atomic E-state index is 13.1. The lowest BCUT2D eigenvalue weighted by Gasteiger charge is -2.13. The molecule has 1 aliphatic carbocycles. The van der Waals surface area contributed by atoms with Crippen molar-refractivity contribution in [3.63, 3.8) is 0 Å². The largest absolute Gasteiger partial charge is 0.349 e. The normalized spacial score (nSPS) is 14.2. The van der Waals surface area contributed by atoms with Crippen LogP contribution in [-0.2, 0) is 36.1 Å². The third kappa shape index (κ3) is 3.72. The summed E-state index contributed by atoms with van der Waals surface area (Å²) in [5.74, 6) is -0.259. The molecule has 2 aromatic heterocycles. The predicted octanol–water partition coefficient (Wildman–Crippen LogP) is 2.65. The van der Waals surface area contributed by atoms with E-state index >= 15 is 0 Å². The van der Waals surface area contributed by atoms with Gasteiger partial charge in [0.15, 0.2) is 0 Å². The molecule has 2 aromatic rings. The number of halogens is 2. The molecule has 1 amide bonds. The molecule has 0 bridgehead atoms. The zero-order chi connectivity index (χ0) is 18.2. The van der Waals surface area contributed by atoms with E-state index in [0.29, 0.717) is 24.9 Å². The van der Waals surface area contributed by atoms with Crippen LogP contribution in [0.3, 0.4) is 0 Å². The Morgan fingerprint density at radius 1 is 1.40 bits per heavy atom. The minimum absolute atomic E-state index is 0.0463. The van der Waals surface area contributed by atoms with Crippen LogP contribution in [0.4, 0.5) is 8.78 Å². The van der Waals surface area contributed by atoms with Gasteiger partial charge in [-0.2, -0.15) is 10.2 Å². The number of amides is 1. The quantitative estimate of drug-likeness (QED) is 0.869. The van der Waals surface area contributed by atoms with Crippen molar-refractivity contribution in [3.8, 4) is 0 Å². The molecule has 8 heteroatoms. The van der Waals surface area contributed by atoms with Crippen LogP contribution in [-0.4, -0.2) is 25.9 Å². The molecule has 0 saturated carbocycles. The molecule has 0 unspecified atom stereocenters. The number of nitrogens with one attached hydrogen (secondary N) is 2. The molecule has 0 aromatic carbocycles. The minimum atomic E-state index is -2.60. The Morgan fingerprint density at radius 2 is 2.16 bits per heavy atom. The molecule has 0 saturated heterocycles. The zero-order valence-electron chi connectivity index (χ0n) is 14.7. The second-order valence-corrected chi connectivity index (χ2v) is 7.43. The molecule has 0 fully saturated rings. The van der Waals surface area contributed by atoms with E-state index in [-0.39, 0.29) is 23.6 Å². The van der Waals surface area contributed by atoms with Gasteiger partial charge in [-0.05, 0) is 25.3 Å². The zero-order valence-corrected chi connectivity index (χ0v) is 14.7. The van der Waals surface area contributed by atoms with Gasteiger partial charge in [0.25, 0.3) is 6.43 Å². The van der Waals surface area contributed by atoms with Crippen LogP contribution in [0.15, 0.2) is 6.07 Å². The van der Waals surface area contributed by atoms with Crippen LogP contribution in [0.25, 0.3) is 0 Å². The Labute approximate surface area is 145 Å². The summed E-state index contributed by atoms with van der Waals surface area (Å²) < 4.78 is 27.5. The van der Waals surface area contributed by atoms with E-state index in [2.05, 4.69) is 41.4 Å². The number of hydrogen-bond donors (Lipinski definition) is 2. The first kappa shape index (κ1) is 17.6. The predicted molar refractivity (Wildman–Crippen MR) is 88.3 cm³/mol. The van der Waals surface area contributed by atoms with Crippen LogP contribution >= 0.6 is 0 Å². The molecule has 2 heterocycles. The van der Waals surface area contributed by atoms with Gasteiger partial charge in [-0.25, -0.2) is 8.78 Å². The lowest BCUT2D eigenvalue weighted by atomic mass is 9.92. The van der Waals surface area contributed by atoms with E-state index < -0.39 is 6.43 Å². The number of carbonyl (C=O) groups excluding carboxylic acids is 1. The first-order chi connectivity index (χ1) is 11.8. The van der Waals surface area contributed by atoms with Crippen molar-refractivity contribution in [1.82, 2.24) is 25.3 Å². The van der Waals surface area contributed by atoms with Crippen LogP contribution in [0.5, 0.6) is 0 Å². The summed E-state index contributed by atoms with van der Waals surface area (Å²) in [6.45, 7) is 6.45. The minimum Gasteiger partial charge on any atom is -0.349 e. The van der Waals surface area contributed by atoms with Gasteiger partial charge in [0.05, 0.1) is 17.9 Å². The number of nitrogens with zero attached hydrogens (tertiary/aromatic N) is 3. The summed E-state index contributed by atoms with van der Waals surface area (Å²) in [7, 11) is 0. The average Bonchev–Trinajstić information content (AvgIpc) is 3.21. The SMILES string of the molecule is CC(C)(C)c1cc(CNC(=O)Cn2nc(C(F)F)c3c2CCC3)[nH]n1. The van der Waals surface area contributed by atoms with Gasteiger partial charge in [-0.15, -0.1) is 0 Å². The fourth-order valence-corrected chi connectivity index (χ4v) is 3.07. The van der Waals surface area contributed by atoms with Crippen molar-refractivity contribution in [1.29, 1.82) is 0 Å². The molecule has 0 aliphatic heterocycles. The van der Waals surface area contributed by atoms with E-state index in [0.717, 1.165) is 23.5 Å². The fraction of sp³-hybridized carbons (Fsp3) is 0.588. The third-order valence-corrected chi connectivity index (χ3v) is 4.41. The van der Waals surface area contributed by atoms with Gasteiger partial charge in [0.1, 0.15) is 12.2 Å². The molecule has 2 N–H and O–H groups in total. The van der Waals surface area contributed by atoms with Crippen molar-refractivity contribution in [2.24, 2.45) is 0 Å². The Bertz CT molecular complexity index is 773. The highest BCUT2D eigenvalue weighted by atomic mass is 19.3. The summed E-state index contributed by atoms with van der Waals surface area (Å²) in [6, 6.07) is 1.92. The highest BCUT2D eigenvalue weighted by Crippen LogP contribution is 2.31. The summed E-state index contributed by atoms with van der Waals surface area (Å²) in [6.07, 6.45) is -0.465. The summed E-state index contributed by atoms with van der Waals surface area (Å²) in [4.78, 5) is 12.2. The Kier molecular flexibility index (Phi) is 4.62. The fourth-order valence-electron chi connectivity index (χ4n) is 3.07. The van der Waals surface area contributed by atoms with Crippen molar-refractivity contribution in [2.45, 2.75) is 65.0 Å².